The highest BCUT2D eigenvalue weighted by molar-refractivity contribution is 6.05. The van der Waals surface area contributed by atoms with E-state index in [2.05, 4.69) is 56.7 Å². The summed E-state index contributed by atoms with van der Waals surface area (Å²) in [7, 11) is 0. The first-order chi connectivity index (χ1) is 20.1. The summed E-state index contributed by atoms with van der Waals surface area (Å²) in [5.74, 6) is -2.28. The van der Waals surface area contributed by atoms with Crippen molar-refractivity contribution in [1.82, 2.24) is 14.9 Å². The van der Waals surface area contributed by atoms with Crippen molar-refractivity contribution in [2.75, 3.05) is 11.1 Å². The van der Waals surface area contributed by atoms with Gasteiger partial charge in [-0.15, -0.1) is 0 Å². The zero-order valence-corrected chi connectivity index (χ0v) is 22.7. The van der Waals surface area contributed by atoms with Crippen molar-refractivity contribution in [3.8, 4) is 0 Å². The van der Waals surface area contributed by atoms with E-state index in [0.29, 0.717) is 28.9 Å². The van der Waals surface area contributed by atoms with Crippen LogP contribution >= 0.6 is 0 Å². The molecule has 1 heterocycles. The van der Waals surface area contributed by atoms with Gasteiger partial charge in [0.15, 0.2) is 0 Å². The van der Waals surface area contributed by atoms with Gasteiger partial charge < -0.3 is 26.0 Å². The monoisotopic (exact) mass is 579 g/mol. The number of nitrogens with zero attached hydrogens (tertiary/aromatic N) is 2. The number of halogens is 3. The molecule has 1 saturated carbocycles. The summed E-state index contributed by atoms with van der Waals surface area (Å²) in [5.41, 5.74) is 11.4. The lowest BCUT2D eigenvalue weighted by molar-refractivity contribution is -0.192. The molecule has 1 aliphatic rings. The number of imidazole rings is 1. The molecule has 0 spiro atoms. The molecule has 0 bridgehead atoms. The van der Waals surface area contributed by atoms with Crippen LogP contribution in [0.5, 0.6) is 0 Å². The SMILES string of the molecule is Nc1ccccc1NC(=O)c1ccc(CCCn2cnc(CNC3CC3c3ccccc3)c2)cc1.O=C(O)C(F)(F)F. The summed E-state index contributed by atoms with van der Waals surface area (Å²) in [5, 5.41) is 13.6. The molecule has 3 aromatic carbocycles. The van der Waals surface area contributed by atoms with E-state index < -0.39 is 12.1 Å². The molecule has 42 heavy (non-hydrogen) atoms. The number of anilines is 2. The highest BCUT2D eigenvalue weighted by Gasteiger charge is 2.38. The molecule has 2 atom stereocenters. The molecule has 1 fully saturated rings. The van der Waals surface area contributed by atoms with E-state index in [-0.39, 0.29) is 5.91 Å². The van der Waals surface area contributed by atoms with Gasteiger partial charge in [0.05, 0.1) is 23.4 Å². The highest BCUT2D eigenvalue weighted by Crippen LogP contribution is 2.40. The quantitative estimate of drug-likeness (QED) is 0.181. The second-order valence-electron chi connectivity index (χ2n) is 9.99. The minimum Gasteiger partial charge on any atom is -0.475 e. The number of nitrogens with two attached hydrogens (primary N) is 1. The number of aliphatic carboxylic acids is 1. The lowest BCUT2D eigenvalue weighted by Gasteiger charge is -2.08. The lowest BCUT2D eigenvalue weighted by atomic mass is 10.1. The van der Waals surface area contributed by atoms with Crippen molar-refractivity contribution < 1.29 is 27.9 Å². The first-order valence-electron chi connectivity index (χ1n) is 13.4. The molecule has 8 nitrogen and oxygen atoms in total. The van der Waals surface area contributed by atoms with E-state index in [1.54, 1.807) is 12.1 Å². The summed E-state index contributed by atoms with van der Waals surface area (Å²) in [6.45, 7) is 1.72. The summed E-state index contributed by atoms with van der Waals surface area (Å²) >= 11 is 0. The standard InChI is InChI=1S/C29H31N5O.C2HF3O2/c30-26-10-4-5-11-27(26)33-29(35)23-14-12-21(13-15-23)7-6-16-34-19-24(32-20-34)18-31-28-17-25(28)22-8-2-1-3-9-22;3-2(4,5)1(6)7/h1-5,8-15,19-20,25,28,31H,6-7,16-18,30H2,(H,33,35);(H,6,7). The van der Waals surface area contributed by atoms with Crippen LogP contribution < -0.4 is 16.4 Å². The van der Waals surface area contributed by atoms with Gasteiger partial charge in [-0.25, -0.2) is 9.78 Å². The maximum absolute atomic E-state index is 12.5. The predicted molar refractivity (Wildman–Crippen MR) is 154 cm³/mol. The van der Waals surface area contributed by atoms with Gasteiger partial charge >= 0.3 is 12.1 Å². The maximum atomic E-state index is 12.5. The molecule has 4 aromatic rings. The van der Waals surface area contributed by atoms with Crippen molar-refractivity contribution in [3.05, 3.63) is 114 Å². The van der Waals surface area contributed by atoms with Crippen molar-refractivity contribution >= 4 is 23.3 Å². The highest BCUT2D eigenvalue weighted by atomic mass is 19.4. The Hall–Kier alpha value is -4.64. The fraction of sp³-hybridized carbons (Fsp3) is 0.258. The van der Waals surface area contributed by atoms with Gasteiger partial charge in [-0.1, -0.05) is 54.6 Å². The number of carbonyl (C=O) groups excluding carboxylic acids is 1. The average Bonchev–Trinajstić information content (AvgIpc) is 3.62. The molecule has 0 radical (unpaired) electrons. The van der Waals surface area contributed by atoms with Crippen LogP contribution in [0.3, 0.4) is 0 Å². The predicted octanol–water partition coefficient (Wildman–Crippen LogP) is 5.63. The number of nitrogen functional groups attached to an aromatic ring is 1. The van der Waals surface area contributed by atoms with Crippen LogP contribution in [-0.4, -0.2) is 38.8 Å². The number of carbonyl (C=O) groups is 2. The molecule has 11 heteroatoms. The van der Waals surface area contributed by atoms with Crippen molar-refractivity contribution in [1.29, 1.82) is 0 Å². The second-order valence-corrected chi connectivity index (χ2v) is 9.99. The minimum atomic E-state index is -5.08. The van der Waals surface area contributed by atoms with E-state index in [1.807, 2.05) is 42.7 Å². The third kappa shape index (κ3) is 8.93. The van der Waals surface area contributed by atoms with Crippen LogP contribution in [0.1, 0.15) is 45.9 Å². The van der Waals surface area contributed by atoms with Gasteiger partial charge in [0.25, 0.3) is 5.91 Å². The molecule has 0 aliphatic heterocycles. The van der Waals surface area contributed by atoms with Gasteiger partial charge in [-0.3, -0.25) is 4.79 Å². The Morgan fingerprint density at radius 2 is 1.67 bits per heavy atom. The third-order valence-electron chi connectivity index (χ3n) is 6.80. The van der Waals surface area contributed by atoms with E-state index in [1.165, 1.54) is 17.5 Å². The van der Waals surface area contributed by atoms with Crippen LogP contribution in [-0.2, 0) is 24.3 Å². The first-order valence-corrected chi connectivity index (χ1v) is 13.4. The number of benzene rings is 3. The Labute approximate surface area is 241 Å². The zero-order chi connectivity index (χ0) is 30.1. The van der Waals surface area contributed by atoms with E-state index >= 15 is 0 Å². The number of hydrogen-bond donors (Lipinski definition) is 4. The number of aryl methyl sites for hydroxylation is 2. The van der Waals surface area contributed by atoms with Gasteiger partial charge in [0.1, 0.15) is 0 Å². The molecular weight excluding hydrogens is 547 g/mol. The molecule has 5 rings (SSSR count). The average molecular weight is 580 g/mol. The number of aromatic nitrogens is 2. The Morgan fingerprint density at radius 1 is 1.00 bits per heavy atom. The Kier molecular flexibility index (Phi) is 9.98. The number of alkyl halides is 3. The summed E-state index contributed by atoms with van der Waals surface area (Å²) in [6.07, 6.45) is 2.12. The number of carboxylic acid groups (broad SMARTS) is 1. The molecule has 2 unspecified atom stereocenters. The first kappa shape index (κ1) is 30.3. The van der Waals surface area contributed by atoms with E-state index in [9.17, 15) is 18.0 Å². The lowest BCUT2D eigenvalue weighted by Crippen LogP contribution is -2.21. The normalized spacial score (nSPS) is 15.8. The van der Waals surface area contributed by atoms with Crippen molar-refractivity contribution in [3.63, 3.8) is 0 Å². The molecule has 1 amide bonds. The number of amides is 1. The fourth-order valence-corrected chi connectivity index (χ4v) is 4.44. The van der Waals surface area contributed by atoms with Crippen molar-refractivity contribution in [2.24, 2.45) is 0 Å². The topological polar surface area (TPSA) is 122 Å². The van der Waals surface area contributed by atoms with Crippen LogP contribution in [0.15, 0.2) is 91.4 Å². The Balaban J connectivity index is 0.000000517. The van der Waals surface area contributed by atoms with Crippen LogP contribution in [0.2, 0.25) is 0 Å². The number of hydrogen-bond acceptors (Lipinski definition) is 5. The fourth-order valence-electron chi connectivity index (χ4n) is 4.44. The summed E-state index contributed by atoms with van der Waals surface area (Å²) in [4.78, 5) is 25.9. The molecule has 5 N–H and O–H groups in total. The van der Waals surface area contributed by atoms with Crippen LogP contribution in [0, 0.1) is 0 Å². The zero-order valence-electron chi connectivity index (χ0n) is 22.7. The summed E-state index contributed by atoms with van der Waals surface area (Å²) < 4.78 is 33.9. The Bertz CT molecular complexity index is 1470. The minimum absolute atomic E-state index is 0.157. The third-order valence-corrected chi connectivity index (χ3v) is 6.80. The van der Waals surface area contributed by atoms with Gasteiger partial charge in [0.2, 0.25) is 0 Å². The maximum Gasteiger partial charge on any atom is 0.490 e. The molecule has 1 aromatic heterocycles. The van der Waals surface area contributed by atoms with E-state index in [4.69, 9.17) is 15.6 Å². The number of carboxylic acids is 1. The molecule has 0 saturated heterocycles. The van der Waals surface area contributed by atoms with E-state index in [0.717, 1.165) is 31.6 Å². The van der Waals surface area contributed by atoms with Crippen LogP contribution in [0.4, 0.5) is 24.5 Å². The van der Waals surface area contributed by atoms with Crippen molar-refractivity contribution in [2.45, 2.75) is 50.5 Å². The molecule has 1 aliphatic carbocycles. The van der Waals surface area contributed by atoms with Crippen LogP contribution in [0.25, 0.3) is 0 Å². The molecular formula is C31H32F3N5O3. The number of nitrogens with one attached hydrogen (secondary N) is 2. The van der Waals surface area contributed by atoms with Gasteiger partial charge in [0, 0.05) is 36.8 Å². The number of para-hydroxylation sites is 2. The number of rotatable bonds is 10. The smallest absolute Gasteiger partial charge is 0.475 e. The summed E-state index contributed by atoms with van der Waals surface area (Å²) in [6, 6.07) is 26.3. The second kappa shape index (κ2) is 13.8. The molecule has 220 valence electrons. The van der Waals surface area contributed by atoms with Gasteiger partial charge in [-0.2, -0.15) is 13.2 Å². The van der Waals surface area contributed by atoms with Gasteiger partial charge in [-0.05, 0) is 54.7 Å². The Morgan fingerprint density at radius 3 is 2.33 bits per heavy atom. The largest absolute Gasteiger partial charge is 0.490 e.